The Balaban J connectivity index is 1.41. The van der Waals surface area contributed by atoms with E-state index in [1.807, 2.05) is 13.0 Å². The fourth-order valence-corrected chi connectivity index (χ4v) is 4.45. The third kappa shape index (κ3) is 4.12. The number of likely N-dealkylation sites (tertiary alicyclic amines) is 1. The van der Waals surface area contributed by atoms with Crippen LogP contribution in [0.3, 0.4) is 0 Å². The first kappa shape index (κ1) is 20.5. The van der Waals surface area contributed by atoms with Gasteiger partial charge < -0.3 is 19.8 Å². The van der Waals surface area contributed by atoms with Crippen LogP contribution >= 0.6 is 11.6 Å². The molecule has 0 bridgehead atoms. The molecule has 2 aromatic carbocycles. The van der Waals surface area contributed by atoms with Crippen molar-refractivity contribution < 1.29 is 23.7 Å². The highest BCUT2D eigenvalue weighted by Gasteiger charge is 2.43. The zero-order chi connectivity index (χ0) is 20.8. The molecule has 2 aliphatic heterocycles. The predicted molar refractivity (Wildman–Crippen MR) is 106 cm³/mol. The van der Waals surface area contributed by atoms with Gasteiger partial charge in [-0.15, -0.1) is 0 Å². The van der Waals surface area contributed by atoms with Crippen LogP contribution in [0.5, 0.6) is 5.75 Å². The van der Waals surface area contributed by atoms with Gasteiger partial charge in [0.25, 0.3) is 0 Å². The monoisotopic (exact) mass is 423 g/mol. The molecule has 0 saturated carbocycles. The number of rotatable bonds is 3. The minimum Gasteiger partial charge on any atom is -0.487 e. The molecule has 4 nitrogen and oxygen atoms in total. The van der Waals surface area contributed by atoms with E-state index in [0.717, 1.165) is 23.3 Å². The van der Waals surface area contributed by atoms with Gasteiger partial charge in [-0.25, -0.2) is 8.78 Å². The second-order valence-electron chi connectivity index (χ2n) is 8.13. The van der Waals surface area contributed by atoms with Crippen molar-refractivity contribution in [1.29, 1.82) is 0 Å². The molecule has 2 aliphatic rings. The van der Waals surface area contributed by atoms with Gasteiger partial charge in [0.2, 0.25) is 0 Å². The van der Waals surface area contributed by atoms with Gasteiger partial charge in [0.15, 0.2) is 11.6 Å². The first-order chi connectivity index (χ1) is 13.8. The first-order valence-electron chi connectivity index (χ1n) is 9.79. The molecular formula is C22H24ClF2NO3. The summed E-state index contributed by atoms with van der Waals surface area (Å²) in [7, 11) is 0. The Bertz CT molecular complexity index is 915. The second kappa shape index (κ2) is 7.84. The van der Waals surface area contributed by atoms with Gasteiger partial charge in [-0.2, -0.15) is 0 Å². The largest absolute Gasteiger partial charge is 0.487 e. The third-order valence-corrected chi connectivity index (χ3v) is 6.48. The number of benzene rings is 2. The number of aryl methyl sites for hydroxylation is 1. The normalized spacial score (nSPS) is 22.2. The molecule has 0 aliphatic carbocycles. The zero-order valence-electron chi connectivity index (χ0n) is 16.2. The highest BCUT2D eigenvalue weighted by Crippen LogP contribution is 2.45. The van der Waals surface area contributed by atoms with Crippen molar-refractivity contribution in [3.63, 3.8) is 0 Å². The summed E-state index contributed by atoms with van der Waals surface area (Å²) in [6, 6.07) is 7.12. The average Bonchev–Trinajstić information content (AvgIpc) is 2.68. The minimum atomic E-state index is -0.960. The number of aliphatic hydroxyl groups excluding tert-OH is 2. The van der Waals surface area contributed by atoms with Crippen LogP contribution in [0.25, 0.3) is 0 Å². The molecule has 0 radical (unpaired) electrons. The number of β-amino-alcohol motifs (C(OH)–C–C–N with tert-alkyl or cyclic N) is 1. The van der Waals surface area contributed by atoms with E-state index in [9.17, 15) is 19.0 Å². The number of hydrogen-bond acceptors (Lipinski definition) is 4. The lowest BCUT2D eigenvalue weighted by atomic mass is 9.81. The van der Waals surface area contributed by atoms with Crippen molar-refractivity contribution in [2.45, 2.75) is 44.0 Å². The molecule has 7 heteroatoms. The summed E-state index contributed by atoms with van der Waals surface area (Å²) in [4.78, 5) is 2.08. The number of aliphatic hydroxyl groups is 2. The Morgan fingerprint density at radius 1 is 1.21 bits per heavy atom. The van der Waals surface area contributed by atoms with Gasteiger partial charge in [-0.3, -0.25) is 0 Å². The molecule has 2 N–H and O–H groups in total. The Morgan fingerprint density at radius 2 is 1.93 bits per heavy atom. The average molecular weight is 424 g/mol. The Labute approximate surface area is 173 Å². The second-order valence-corrected chi connectivity index (χ2v) is 8.54. The Hall–Kier alpha value is -1.73. The molecule has 1 saturated heterocycles. The molecule has 1 spiro atoms. The Morgan fingerprint density at radius 3 is 2.62 bits per heavy atom. The quantitative estimate of drug-likeness (QED) is 0.772. The smallest absolute Gasteiger partial charge is 0.159 e. The summed E-state index contributed by atoms with van der Waals surface area (Å²) in [6.07, 6.45) is 0.378. The third-order valence-electron chi connectivity index (χ3n) is 6.07. The van der Waals surface area contributed by atoms with Crippen molar-refractivity contribution >= 4 is 11.6 Å². The highest BCUT2D eigenvalue weighted by atomic mass is 35.5. The van der Waals surface area contributed by atoms with Crippen molar-refractivity contribution in [2.75, 3.05) is 19.6 Å². The van der Waals surface area contributed by atoms with Crippen molar-refractivity contribution in [1.82, 2.24) is 4.90 Å². The fourth-order valence-electron chi connectivity index (χ4n) is 4.28. The summed E-state index contributed by atoms with van der Waals surface area (Å²) in [5.41, 5.74) is 1.54. The van der Waals surface area contributed by atoms with Crippen LogP contribution in [0.15, 0.2) is 30.3 Å². The van der Waals surface area contributed by atoms with Gasteiger partial charge >= 0.3 is 0 Å². The molecule has 2 aromatic rings. The molecule has 0 unspecified atom stereocenters. The fraction of sp³-hybridized carbons (Fsp3) is 0.455. The lowest BCUT2D eigenvalue weighted by Gasteiger charge is -2.46. The first-order valence-corrected chi connectivity index (χ1v) is 10.2. The van der Waals surface area contributed by atoms with Crippen LogP contribution in [-0.4, -0.2) is 40.3 Å². The molecule has 2 heterocycles. The van der Waals surface area contributed by atoms with Crippen LogP contribution in [-0.2, 0) is 0 Å². The van der Waals surface area contributed by atoms with E-state index >= 15 is 0 Å². The molecule has 29 heavy (non-hydrogen) atoms. The lowest BCUT2D eigenvalue weighted by Crippen LogP contribution is -2.51. The maximum atomic E-state index is 13.4. The number of halogens is 3. The standard InChI is InChI=1S/C22H24ClF2NO3/c1-13-8-21-15(10-16(13)23)19(27)11-22(29-21)4-6-26(7-5-22)12-20(28)14-2-3-17(24)18(25)9-14/h2-3,8-10,19-20,27-28H,4-7,11-12H2,1H3/t19-,20+/m0/s1. The summed E-state index contributed by atoms with van der Waals surface area (Å²) >= 11 is 6.18. The predicted octanol–water partition coefficient (Wildman–Crippen LogP) is 4.31. The SMILES string of the molecule is Cc1cc2c(cc1Cl)[C@@H](O)CC1(CCN(C[C@@H](O)c3ccc(F)c(F)c3)CC1)O2. The lowest BCUT2D eigenvalue weighted by molar-refractivity contribution is -0.0588. The van der Waals surface area contributed by atoms with Crippen molar-refractivity contribution in [3.05, 3.63) is 63.7 Å². The molecule has 4 rings (SSSR count). The summed E-state index contributed by atoms with van der Waals surface area (Å²) in [5, 5.41) is 21.7. The van der Waals surface area contributed by atoms with Crippen molar-refractivity contribution in [3.8, 4) is 5.75 Å². The summed E-state index contributed by atoms with van der Waals surface area (Å²) in [6.45, 7) is 3.58. The number of ether oxygens (including phenoxy) is 1. The van der Waals surface area contributed by atoms with Crippen molar-refractivity contribution in [2.24, 2.45) is 0 Å². The van der Waals surface area contributed by atoms with Crippen LogP contribution in [0.4, 0.5) is 8.78 Å². The van der Waals surface area contributed by atoms with E-state index in [-0.39, 0.29) is 0 Å². The van der Waals surface area contributed by atoms with Gasteiger partial charge in [0.1, 0.15) is 11.4 Å². The molecule has 1 fully saturated rings. The van der Waals surface area contributed by atoms with Crippen LogP contribution in [0.2, 0.25) is 5.02 Å². The van der Waals surface area contributed by atoms with Crippen LogP contribution < -0.4 is 4.74 Å². The molecular weight excluding hydrogens is 400 g/mol. The van der Waals surface area contributed by atoms with E-state index in [1.54, 1.807) is 6.07 Å². The maximum Gasteiger partial charge on any atom is 0.159 e. The van der Waals surface area contributed by atoms with Gasteiger partial charge in [-0.1, -0.05) is 17.7 Å². The number of fused-ring (bicyclic) bond motifs is 1. The topological polar surface area (TPSA) is 52.9 Å². The summed E-state index contributed by atoms with van der Waals surface area (Å²) < 4.78 is 32.9. The number of hydrogen-bond donors (Lipinski definition) is 2. The highest BCUT2D eigenvalue weighted by molar-refractivity contribution is 6.31. The maximum absolute atomic E-state index is 13.4. The zero-order valence-corrected chi connectivity index (χ0v) is 16.9. The van der Waals surface area contributed by atoms with E-state index in [2.05, 4.69) is 4.90 Å². The van der Waals surface area contributed by atoms with E-state index in [4.69, 9.17) is 16.3 Å². The van der Waals surface area contributed by atoms with Crippen LogP contribution in [0.1, 0.15) is 48.2 Å². The molecule has 2 atom stereocenters. The van der Waals surface area contributed by atoms with Crippen LogP contribution in [0, 0.1) is 18.6 Å². The van der Waals surface area contributed by atoms with E-state index in [0.29, 0.717) is 55.2 Å². The van der Waals surface area contributed by atoms with Gasteiger partial charge in [0.05, 0.1) is 12.2 Å². The number of piperidine rings is 1. The molecule has 0 amide bonds. The van der Waals surface area contributed by atoms with E-state index < -0.39 is 29.4 Å². The van der Waals surface area contributed by atoms with Gasteiger partial charge in [-0.05, 0) is 55.2 Å². The van der Waals surface area contributed by atoms with Gasteiger partial charge in [0, 0.05) is 36.6 Å². The summed E-state index contributed by atoms with van der Waals surface area (Å²) in [5.74, 6) is -1.20. The number of nitrogens with zero attached hydrogens (tertiary/aromatic N) is 1. The molecule has 156 valence electrons. The Kier molecular flexibility index (Phi) is 5.55. The van der Waals surface area contributed by atoms with E-state index in [1.165, 1.54) is 6.07 Å². The minimum absolute atomic E-state index is 0.328. The molecule has 0 aromatic heterocycles.